The fourth-order valence-corrected chi connectivity index (χ4v) is 0.880. The van der Waals surface area contributed by atoms with Crippen LogP contribution in [0.4, 0.5) is 0 Å². The molecule has 4 heteroatoms. The van der Waals surface area contributed by atoms with Crippen LogP contribution in [0.15, 0.2) is 24.5 Å². The van der Waals surface area contributed by atoms with Crippen LogP contribution in [0, 0.1) is 0 Å². The van der Waals surface area contributed by atoms with Crippen LogP contribution in [0.2, 0.25) is 0 Å². The lowest BCUT2D eigenvalue weighted by Gasteiger charge is -2.11. The van der Waals surface area contributed by atoms with E-state index in [1.165, 1.54) is 0 Å². The second-order valence-electron chi connectivity index (χ2n) is 2.52. The van der Waals surface area contributed by atoms with Crippen LogP contribution < -0.4 is 0 Å². The average molecular weight is 182 g/mol. The highest BCUT2D eigenvalue weighted by Crippen LogP contribution is 2.13. The Morgan fingerprint density at radius 1 is 1.69 bits per heavy atom. The zero-order chi connectivity index (χ0) is 9.84. The highest BCUT2D eigenvalue weighted by Gasteiger charge is 2.26. The van der Waals surface area contributed by atoms with Crippen molar-refractivity contribution in [1.29, 1.82) is 0 Å². The van der Waals surface area contributed by atoms with Crippen LogP contribution >= 0.6 is 0 Å². The van der Waals surface area contributed by atoms with Gasteiger partial charge in [-0.1, -0.05) is 19.6 Å². The molecular weight excluding hydrogens is 172 g/mol. The fourth-order valence-electron chi connectivity index (χ4n) is 0.880. The van der Waals surface area contributed by atoms with Gasteiger partial charge in [0.15, 0.2) is 0 Å². The third kappa shape index (κ3) is 2.18. The third-order valence-electron chi connectivity index (χ3n) is 1.59. The Hall–Kier alpha value is -1.58. The monoisotopic (exact) mass is 182 g/mol. The SMILES string of the molecule is C=CC(CC)OC1=CC(=O)OC1=O. The number of cyclic esters (lactones) is 2. The third-order valence-corrected chi connectivity index (χ3v) is 1.59. The molecule has 0 aromatic carbocycles. The van der Waals surface area contributed by atoms with Crippen molar-refractivity contribution < 1.29 is 19.1 Å². The molecular formula is C9H10O4. The summed E-state index contributed by atoms with van der Waals surface area (Å²) in [5.41, 5.74) is 0. The van der Waals surface area contributed by atoms with Crippen LogP contribution in [-0.2, 0) is 19.1 Å². The second-order valence-corrected chi connectivity index (χ2v) is 2.52. The van der Waals surface area contributed by atoms with E-state index in [1.807, 2.05) is 6.92 Å². The predicted molar refractivity (Wildman–Crippen MR) is 44.5 cm³/mol. The highest BCUT2D eigenvalue weighted by molar-refractivity contribution is 6.07. The molecule has 0 N–H and O–H groups in total. The Balaban J connectivity index is 2.63. The van der Waals surface area contributed by atoms with Gasteiger partial charge in [-0.2, -0.15) is 0 Å². The van der Waals surface area contributed by atoms with Gasteiger partial charge in [-0.05, 0) is 6.42 Å². The number of rotatable bonds is 4. The van der Waals surface area contributed by atoms with E-state index in [1.54, 1.807) is 6.08 Å². The summed E-state index contributed by atoms with van der Waals surface area (Å²) in [5.74, 6) is -1.46. The molecule has 4 nitrogen and oxygen atoms in total. The van der Waals surface area contributed by atoms with Crippen LogP contribution in [0.1, 0.15) is 13.3 Å². The van der Waals surface area contributed by atoms with Gasteiger partial charge in [0.2, 0.25) is 5.76 Å². The Bertz CT molecular complexity index is 277. The molecule has 0 bridgehead atoms. The maximum atomic E-state index is 10.9. The van der Waals surface area contributed by atoms with E-state index in [2.05, 4.69) is 11.3 Å². The average Bonchev–Trinajstić information content (AvgIpc) is 2.41. The second kappa shape index (κ2) is 3.89. The molecule has 0 radical (unpaired) electrons. The predicted octanol–water partition coefficient (Wildman–Crippen LogP) is 0.935. The number of carbonyl (C=O) groups excluding carboxylic acids is 2. The van der Waals surface area contributed by atoms with Crippen molar-refractivity contribution in [2.45, 2.75) is 19.4 Å². The summed E-state index contributed by atoms with van der Waals surface area (Å²) in [4.78, 5) is 21.5. The molecule has 70 valence electrons. The van der Waals surface area contributed by atoms with Crippen molar-refractivity contribution in [2.75, 3.05) is 0 Å². The summed E-state index contributed by atoms with van der Waals surface area (Å²) in [5, 5.41) is 0. The maximum Gasteiger partial charge on any atom is 0.381 e. The summed E-state index contributed by atoms with van der Waals surface area (Å²) >= 11 is 0. The zero-order valence-electron chi connectivity index (χ0n) is 7.28. The van der Waals surface area contributed by atoms with Gasteiger partial charge in [-0.15, -0.1) is 0 Å². The van der Waals surface area contributed by atoms with E-state index in [0.717, 1.165) is 6.08 Å². The molecule has 0 spiro atoms. The summed E-state index contributed by atoms with van der Waals surface area (Å²) < 4.78 is 9.37. The standard InChI is InChI=1S/C9H10O4/c1-3-6(4-2)12-7-5-8(10)13-9(7)11/h3,5-6H,1,4H2,2H3. The summed E-state index contributed by atoms with van der Waals surface area (Å²) in [6, 6.07) is 0. The molecule has 1 rings (SSSR count). The first kappa shape index (κ1) is 9.51. The van der Waals surface area contributed by atoms with Crippen LogP contribution in [0.3, 0.4) is 0 Å². The fraction of sp³-hybridized carbons (Fsp3) is 0.333. The quantitative estimate of drug-likeness (QED) is 0.369. The number of hydrogen-bond acceptors (Lipinski definition) is 4. The lowest BCUT2D eigenvalue weighted by molar-refractivity contribution is -0.152. The molecule has 1 atom stereocenters. The normalized spacial score (nSPS) is 17.8. The Kier molecular flexibility index (Phi) is 2.84. The molecule has 0 amide bonds. The lowest BCUT2D eigenvalue weighted by atomic mass is 10.3. The molecule has 1 aliphatic heterocycles. The van der Waals surface area contributed by atoms with Gasteiger partial charge in [0.05, 0.1) is 6.08 Å². The van der Waals surface area contributed by atoms with E-state index in [-0.39, 0.29) is 11.9 Å². The van der Waals surface area contributed by atoms with Gasteiger partial charge in [0, 0.05) is 0 Å². The highest BCUT2D eigenvalue weighted by atomic mass is 16.6. The van der Waals surface area contributed by atoms with Gasteiger partial charge in [-0.3, -0.25) is 0 Å². The molecule has 13 heavy (non-hydrogen) atoms. The first-order valence-electron chi connectivity index (χ1n) is 3.94. The minimum absolute atomic E-state index is 0.0447. The van der Waals surface area contributed by atoms with E-state index < -0.39 is 11.9 Å². The van der Waals surface area contributed by atoms with Crippen molar-refractivity contribution in [3.05, 3.63) is 24.5 Å². The largest absolute Gasteiger partial charge is 0.479 e. The van der Waals surface area contributed by atoms with Crippen LogP contribution in [0.25, 0.3) is 0 Å². The van der Waals surface area contributed by atoms with E-state index in [4.69, 9.17) is 4.74 Å². The van der Waals surface area contributed by atoms with E-state index in [0.29, 0.717) is 6.42 Å². The minimum Gasteiger partial charge on any atom is -0.479 e. The molecule has 0 aromatic heterocycles. The molecule has 1 aliphatic rings. The molecule has 0 aromatic rings. The summed E-state index contributed by atoms with van der Waals surface area (Å²) in [6.45, 7) is 5.41. The van der Waals surface area contributed by atoms with Crippen molar-refractivity contribution in [3.8, 4) is 0 Å². The van der Waals surface area contributed by atoms with Gasteiger partial charge in [0.25, 0.3) is 0 Å². The molecule has 0 saturated heterocycles. The van der Waals surface area contributed by atoms with Gasteiger partial charge in [0.1, 0.15) is 6.10 Å². The van der Waals surface area contributed by atoms with Gasteiger partial charge >= 0.3 is 11.9 Å². The number of esters is 2. The van der Waals surface area contributed by atoms with Crippen LogP contribution in [-0.4, -0.2) is 18.0 Å². The topological polar surface area (TPSA) is 52.6 Å². The summed E-state index contributed by atoms with van der Waals surface area (Å²) in [6.07, 6.45) is 3.03. The Labute approximate surface area is 75.8 Å². The molecule has 0 aliphatic carbocycles. The van der Waals surface area contributed by atoms with Crippen molar-refractivity contribution in [3.63, 3.8) is 0 Å². The lowest BCUT2D eigenvalue weighted by Crippen LogP contribution is -2.12. The molecule has 1 heterocycles. The molecule has 0 saturated carbocycles. The smallest absolute Gasteiger partial charge is 0.381 e. The van der Waals surface area contributed by atoms with Gasteiger partial charge in [-0.25, -0.2) is 9.59 Å². The van der Waals surface area contributed by atoms with E-state index >= 15 is 0 Å². The first-order chi connectivity index (χ1) is 6.17. The van der Waals surface area contributed by atoms with Crippen LogP contribution in [0.5, 0.6) is 0 Å². The first-order valence-corrected chi connectivity index (χ1v) is 3.94. The number of hydrogen-bond donors (Lipinski definition) is 0. The van der Waals surface area contributed by atoms with Crippen molar-refractivity contribution in [2.24, 2.45) is 0 Å². The number of carbonyl (C=O) groups is 2. The van der Waals surface area contributed by atoms with Gasteiger partial charge < -0.3 is 9.47 Å². The zero-order valence-corrected chi connectivity index (χ0v) is 7.28. The summed E-state index contributed by atoms with van der Waals surface area (Å²) in [7, 11) is 0. The maximum absolute atomic E-state index is 10.9. The number of ether oxygens (including phenoxy) is 2. The minimum atomic E-state index is -0.731. The molecule has 1 unspecified atom stereocenters. The van der Waals surface area contributed by atoms with Crippen molar-refractivity contribution >= 4 is 11.9 Å². The Morgan fingerprint density at radius 2 is 2.38 bits per heavy atom. The van der Waals surface area contributed by atoms with E-state index in [9.17, 15) is 9.59 Å². The Morgan fingerprint density at radius 3 is 2.77 bits per heavy atom. The molecule has 0 fully saturated rings. The van der Waals surface area contributed by atoms with Crippen molar-refractivity contribution in [1.82, 2.24) is 0 Å².